The molecule has 0 aromatic carbocycles. The van der Waals surface area contributed by atoms with Crippen molar-refractivity contribution in [2.45, 2.75) is 11.1 Å². The fourth-order valence-corrected chi connectivity index (χ4v) is 3.38. The van der Waals surface area contributed by atoms with Gasteiger partial charge in [-0.15, -0.1) is 11.3 Å². The average Bonchev–Trinajstić information content (AvgIpc) is 2.45. The molecule has 64 valence electrons. The minimum atomic E-state index is -1.07. The van der Waals surface area contributed by atoms with E-state index in [9.17, 15) is 4.21 Å². The molecular formula is C7H6ClNOS2. The highest BCUT2D eigenvalue weighted by atomic mass is 35.5. The largest absolute Gasteiger partial charge is 0.253 e. The van der Waals surface area contributed by atoms with E-state index in [1.54, 1.807) is 6.07 Å². The molecule has 1 heterocycles. The van der Waals surface area contributed by atoms with Crippen molar-refractivity contribution in [2.24, 2.45) is 0 Å². The fourth-order valence-electron chi connectivity index (χ4n) is 0.724. The van der Waals surface area contributed by atoms with Gasteiger partial charge in [0.05, 0.1) is 20.7 Å². The van der Waals surface area contributed by atoms with Gasteiger partial charge in [0.25, 0.3) is 0 Å². The van der Waals surface area contributed by atoms with Crippen molar-refractivity contribution in [1.29, 1.82) is 5.26 Å². The first-order valence-electron chi connectivity index (χ1n) is 3.26. The maximum atomic E-state index is 11.3. The summed E-state index contributed by atoms with van der Waals surface area (Å²) in [6.45, 7) is 1.81. The van der Waals surface area contributed by atoms with Crippen LogP contribution in [-0.4, -0.2) is 9.96 Å². The van der Waals surface area contributed by atoms with Crippen molar-refractivity contribution in [3.05, 3.63) is 16.0 Å². The Balaban J connectivity index is 3.15. The summed E-state index contributed by atoms with van der Waals surface area (Å²) in [7, 11) is -1.07. The van der Waals surface area contributed by atoms with Crippen LogP contribution in [0.3, 0.4) is 0 Å². The molecule has 0 bridgehead atoms. The van der Waals surface area contributed by atoms with Crippen molar-refractivity contribution in [3.8, 4) is 6.07 Å². The Bertz CT molecular complexity index is 353. The Morgan fingerprint density at radius 1 is 1.83 bits per heavy atom. The number of hydrogen-bond donors (Lipinski definition) is 0. The zero-order valence-electron chi connectivity index (χ0n) is 6.33. The zero-order chi connectivity index (χ0) is 9.14. The monoisotopic (exact) mass is 219 g/mol. The lowest BCUT2D eigenvalue weighted by atomic mass is 10.4. The molecule has 0 aliphatic rings. The van der Waals surface area contributed by atoms with Crippen LogP contribution >= 0.6 is 22.9 Å². The van der Waals surface area contributed by atoms with E-state index in [2.05, 4.69) is 0 Å². The third kappa shape index (κ3) is 1.86. The molecule has 2 nitrogen and oxygen atoms in total. The molecule has 1 aromatic rings. The van der Waals surface area contributed by atoms with Gasteiger partial charge in [-0.25, -0.2) is 0 Å². The molecule has 0 saturated carbocycles. The average molecular weight is 220 g/mol. The Labute approximate surface area is 82.2 Å². The topological polar surface area (TPSA) is 40.9 Å². The highest BCUT2D eigenvalue weighted by Gasteiger charge is 2.12. The second kappa shape index (κ2) is 4.04. The van der Waals surface area contributed by atoms with Crippen molar-refractivity contribution in [1.82, 2.24) is 0 Å². The summed E-state index contributed by atoms with van der Waals surface area (Å²) in [5.74, 6) is 0.519. The van der Waals surface area contributed by atoms with Gasteiger partial charge in [0, 0.05) is 5.75 Å². The Hall–Kier alpha value is -0.370. The molecule has 0 radical (unpaired) electrons. The summed E-state index contributed by atoms with van der Waals surface area (Å²) in [4.78, 5) is 0. The van der Waals surface area contributed by atoms with Gasteiger partial charge in [0.15, 0.2) is 0 Å². The lowest BCUT2D eigenvalue weighted by molar-refractivity contribution is 0.685. The first-order valence-corrected chi connectivity index (χ1v) is 5.78. The number of rotatable bonds is 2. The van der Waals surface area contributed by atoms with Crippen LogP contribution < -0.4 is 0 Å². The van der Waals surface area contributed by atoms with Crippen molar-refractivity contribution in [2.75, 3.05) is 5.75 Å². The van der Waals surface area contributed by atoms with E-state index in [1.807, 2.05) is 13.0 Å². The van der Waals surface area contributed by atoms with E-state index in [0.717, 1.165) is 0 Å². The molecule has 0 aliphatic heterocycles. The van der Waals surface area contributed by atoms with Crippen LogP contribution in [0.2, 0.25) is 4.34 Å². The molecule has 0 fully saturated rings. The Morgan fingerprint density at radius 3 is 3.00 bits per heavy atom. The van der Waals surface area contributed by atoms with E-state index in [-0.39, 0.29) is 0 Å². The minimum Gasteiger partial charge on any atom is -0.253 e. The third-order valence-corrected chi connectivity index (χ3v) is 4.28. The van der Waals surface area contributed by atoms with E-state index in [1.165, 1.54) is 11.3 Å². The van der Waals surface area contributed by atoms with Gasteiger partial charge in [-0.2, -0.15) is 5.26 Å². The molecule has 0 N–H and O–H groups in total. The molecule has 0 saturated heterocycles. The molecule has 0 spiro atoms. The van der Waals surface area contributed by atoms with Crippen LogP contribution in [0.15, 0.2) is 10.3 Å². The van der Waals surface area contributed by atoms with Gasteiger partial charge in [0.1, 0.15) is 10.3 Å². The molecule has 12 heavy (non-hydrogen) atoms. The molecule has 5 heteroatoms. The second-order valence-corrected chi connectivity index (χ2v) is 5.62. The first kappa shape index (κ1) is 9.72. The quantitative estimate of drug-likeness (QED) is 0.767. The molecule has 1 atom stereocenters. The first-order chi connectivity index (χ1) is 5.69. The number of thiophene rings is 1. The van der Waals surface area contributed by atoms with Gasteiger partial charge in [-0.05, 0) is 6.07 Å². The molecular weight excluding hydrogens is 214 g/mol. The summed E-state index contributed by atoms with van der Waals surface area (Å²) in [6.07, 6.45) is 0. The molecule has 0 amide bonds. The summed E-state index contributed by atoms with van der Waals surface area (Å²) in [5.41, 5.74) is 0.435. The summed E-state index contributed by atoms with van der Waals surface area (Å²) < 4.78 is 12.4. The number of hydrogen-bond acceptors (Lipinski definition) is 3. The van der Waals surface area contributed by atoms with Gasteiger partial charge in [0.2, 0.25) is 0 Å². The fraction of sp³-hybridized carbons (Fsp3) is 0.286. The number of halogens is 1. The predicted octanol–water partition coefficient (Wildman–Crippen LogP) is 2.40. The number of nitrogens with zero attached hydrogens (tertiary/aromatic N) is 1. The highest BCUT2D eigenvalue weighted by Crippen LogP contribution is 2.28. The van der Waals surface area contributed by atoms with Crippen LogP contribution in [0.4, 0.5) is 0 Å². The second-order valence-electron chi connectivity index (χ2n) is 2.00. The van der Waals surface area contributed by atoms with Gasteiger partial charge >= 0.3 is 0 Å². The number of nitriles is 1. The molecule has 1 unspecified atom stereocenters. The summed E-state index contributed by atoms with van der Waals surface area (Å²) >= 11 is 6.89. The van der Waals surface area contributed by atoms with Crippen molar-refractivity contribution in [3.63, 3.8) is 0 Å². The summed E-state index contributed by atoms with van der Waals surface area (Å²) in [6, 6.07) is 3.52. The minimum absolute atomic E-state index is 0.435. The lowest BCUT2D eigenvalue weighted by Crippen LogP contribution is -1.92. The third-order valence-electron chi connectivity index (χ3n) is 1.26. The molecule has 1 aromatic heterocycles. The highest BCUT2D eigenvalue weighted by molar-refractivity contribution is 7.87. The van der Waals surface area contributed by atoms with Crippen LogP contribution in [-0.2, 0) is 10.8 Å². The van der Waals surface area contributed by atoms with Crippen LogP contribution in [0.1, 0.15) is 12.5 Å². The van der Waals surface area contributed by atoms with Crippen LogP contribution in [0.5, 0.6) is 0 Å². The normalized spacial score (nSPS) is 12.4. The van der Waals surface area contributed by atoms with Crippen LogP contribution in [0.25, 0.3) is 0 Å². The Kier molecular flexibility index (Phi) is 3.27. The Morgan fingerprint density at radius 2 is 2.50 bits per heavy atom. The lowest BCUT2D eigenvalue weighted by Gasteiger charge is -1.92. The van der Waals surface area contributed by atoms with Crippen molar-refractivity contribution < 1.29 is 4.21 Å². The van der Waals surface area contributed by atoms with E-state index in [0.29, 0.717) is 19.9 Å². The molecule has 1 rings (SSSR count). The van der Waals surface area contributed by atoms with E-state index < -0.39 is 10.8 Å². The smallest absolute Gasteiger partial charge is 0.110 e. The van der Waals surface area contributed by atoms with Gasteiger partial charge in [-0.3, -0.25) is 4.21 Å². The van der Waals surface area contributed by atoms with Crippen LogP contribution in [0, 0.1) is 11.3 Å². The van der Waals surface area contributed by atoms with Gasteiger partial charge < -0.3 is 0 Å². The SMILES string of the molecule is CCS(=O)c1sc(Cl)cc1C#N. The predicted molar refractivity (Wildman–Crippen MR) is 51.0 cm³/mol. The zero-order valence-corrected chi connectivity index (χ0v) is 8.72. The van der Waals surface area contributed by atoms with E-state index >= 15 is 0 Å². The summed E-state index contributed by atoms with van der Waals surface area (Å²) in [5, 5.41) is 8.64. The van der Waals surface area contributed by atoms with Gasteiger partial charge in [-0.1, -0.05) is 18.5 Å². The van der Waals surface area contributed by atoms with Crippen molar-refractivity contribution >= 4 is 33.7 Å². The molecule has 0 aliphatic carbocycles. The standard InChI is InChI=1S/C7H6ClNOS2/c1-2-12(10)7-5(4-9)3-6(8)11-7/h3H,2H2,1H3. The maximum Gasteiger partial charge on any atom is 0.110 e. The van der Waals surface area contributed by atoms with E-state index in [4.69, 9.17) is 16.9 Å². The maximum absolute atomic E-state index is 11.3.